The number of nitrogens with zero attached hydrogens (tertiary/aromatic N) is 8. The number of benzene rings is 1. The van der Waals surface area contributed by atoms with Gasteiger partial charge >= 0.3 is 0 Å². The molecule has 0 spiro atoms. The summed E-state index contributed by atoms with van der Waals surface area (Å²) in [5, 5.41) is 13.8. The Bertz CT molecular complexity index is 1510. The molecule has 0 unspecified atom stereocenters. The Balaban J connectivity index is 1.45. The SMILES string of the molecule is Cc1cnc2ccc([C@H](C)N3C[C@H](C)N(c4cc(=O)n(C)c5cn(CC#N)nc45)C[C@H]3C)cc2n1. The molecule has 5 rings (SSSR count). The number of aromatic nitrogens is 5. The van der Waals surface area contributed by atoms with E-state index in [0.717, 1.165) is 46.5 Å². The first kappa shape index (κ1) is 23.0. The second-order valence-corrected chi connectivity index (χ2v) is 9.63. The van der Waals surface area contributed by atoms with Crippen LogP contribution >= 0.6 is 0 Å². The van der Waals surface area contributed by atoms with Crippen LogP contribution in [0.25, 0.3) is 22.1 Å². The molecule has 1 aliphatic rings. The highest BCUT2D eigenvalue weighted by atomic mass is 16.1. The Kier molecular flexibility index (Phi) is 5.77. The number of aryl methyl sites for hydroxylation is 2. The zero-order chi connectivity index (χ0) is 24.9. The fraction of sp³-hybridized carbons (Fsp3) is 0.423. The third-order valence-corrected chi connectivity index (χ3v) is 7.18. The summed E-state index contributed by atoms with van der Waals surface area (Å²) in [6, 6.07) is 10.8. The first-order chi connectivity index (χ1) is 16.8. The van der Waals surface area contributed by atoms with Gasteiger partial charge in [0.2, 0.25) is 0 Å². The lowest BCUT2D eigenvalue weighted by molar-refractivity contribution is 0.119. The molecule has 1 aliphatic heterocycles. The lowest BCUT2D eigenvalue weighted by Crippen LogP contribution is -2.57. The third kappa shape index (κ3) is 4.04. The number of rotatable bonds is 4. The summed E-state index contributed by atoms with van der Waals surface area (Å²) in [6.07, 6.45) is 3.58. The van der Waals surface area contributed by atoms with Crippen molar-refractivity contribution in [2.45, 2.75) is 52.4 Å². The number of pyridine rings is 1. The molecule has 1 aromatic carbocycles. The molecule has 1 saturated heterocycles. The minimum absolute atomic E-state index is 0.0766. The molecule has 35 heavy (non-hydrogen) atoms. The van der Waals surface area contributed by atoms with Crippen LogP contribution in [0.5, 0.6) is 0 Å². The van der Waals surface area contributed by atoms with Crippen LogP contribution in [-0.4, -0.2) is 54.4 Å². The fourth-order valence-electron chi connectivity index (χ4n) is 5.21. The molecular formula is C26H30N8O. The van der Waals surface area contributed by atoms with E-state index in [2.05, 4.69) is 63.8 Å². The maximum atomic E-state index is 12.8. The number of fused-ring (bicyclic) bond motifs is 2. The molecule has 0 saturated carbocycles. The highest BCUT2D eigenvalue weighted by Gasteiger charge is 2.34. The second-order valence-electron chi connectivity index (χ2n) is 9.63. The fourth-order valence-corrected chi connectivity index (χ4v) is 5.21. The molecule has 0 bridgehead atoms. The van der Waals surface area contributed by atoms with E-state index in [0.29, 0.717) is 0 Å². The van der Waals surface area contributed by atoms with Crippen LogP contribution in [0, 0.1) is 18.3 Å². The first-order valence-corrected chi connectivity index (χ1v) is 12.0. The molecule has 180 valence electrons. The van der Waals surface area contributed by atoms with Crippen molar-refractivity contribution >= 4 is 27.8 Å². The molecule has 0 radical (unpaired) electrons. The quantitative estimate of drug-likeness (QED) is 0.452. The van der Waals surface area contributed by atoms with Gasteiger partial charge in [-0.15, -0.1) is 0 Å². The highest BCUT2D eigenvalue weighted by molar-refractivity contribution is 5.88. The molecular weight excluding hydrogens is 440 g/mol. The van der Waals surface area contributed by atoms with Crippen LogP contribution in [0.15, 0.2) is 41.5 Å². The molecule has 3 atom stereocenters. The Labute approximate surface area is 204 Å². The minimum Gasteiger partial charge on any atom is -0.364 e. The summed E-state index contributed by atoms with van der Waals surface area (Å²) in [7, 11) is 1.74. The highest BCUT2D eigenvalue weighted by Crippen LogP contribution is 2.33. The van der Waals surface area contributed by atoms with Crippen molar-refractivity contribution in [1.29, 1.82) is 5.26 Å². The number of hydrogen-bond donors (Lipinski definition) is 0. The van der Waals surface area contributed by atoms with Crippen LogP contribution in [0.1, 0.15) is 38.1 Å². The Morgan fingerprint density at radius 1 is 1.17 bits per heavy atom. The summed E-state index contributed by atoms with van der Waals surface area (Å²) in [5.74, 6) is 0. The van der Waals surface area contributed by atoms with E-state index < -0.39 is 0 Å². The maximum Gasteiger partial charge on any atom is 0.252 e. The number of piperazine rings is 1. The van der Waals surface area contributed by atoms with Gasteiger partial charge in [-0.3, -0.25) is 19.4 Å². The third-order valence-electron chi connectivity index (χ3n) is 7.18. The van der Waals surface area contributed by atoms with E-state index in [1.165, 1.54) is 5.56 Å². The first-order valence-electron chi connectivity index (χ1n) is 12.0. The zero-order valence-electron chi connectivity index (χ0n) is 20.8. The van der Waals surface area contributed by atoms with Gasteiger partial charge in [-0.25, -0.2) is 4.98 Å². The van der Waals surface area contributed by atoms with Crippen LogP contribution < -0.4 is 10.5 Å². The molecule has 1 fully saturated rings. The summed E-state index contributed by atoms with van der Waals surface area (Å²) in [5.41, 5.74) is 6.21. The average Bonchev–Trinajstić information content (AvgIpc) is 3.26. The van der Waals surface area contributed by atoms with Gasteiger partial charge in [-0.1, -0.05) is 6.07 Å². The standard InChI is InChI=1S/C26H30N8O/c1-16-12-28-21-7-6-20(10-22(21)29-16)19(4)33-13-18(3)34(14-17(33)2)23-11-25(35)31(5)24-15-32(9-8-27)30-26(23)24/h6-7,10-12,15,17-19H,9,13-14H2,1-5H3/t17-,18+,19+/m1/s1. The molecule has 4 aromatic rings. The van der Waals surface area contributed by atoms with Crippen LogP contribution in [0.3, 0.4) is 0 Å². The topological polar surface area (TPSA) is 95.9 Å². The smallest absolute Gasteiger partial charge is 0.252 e. The predicted molar refractivity (Wildman–Crippen MR) is 136 cm³/mol. The van der Waals surface area contributed by atoms with Crippen molar-refractivity contribution in [2.24, 2.45) is 7.05 Å². The molecule has 4 heterocycles. The molecule has 9 heteroatoms. The molecule has 3 aromatic heterocycles. The van der Waals surface area contributed by atoms with E-state index >= 15 is 0 Å². The molecule has 0 N–H and O–H groups in total. The van der Waals surface area contributed by atoms with E-state index in [4.69, 9.17) is 5.26 Å². The summed E-state index contributed by atoms with van der Waals surface area (Å²) in [4.78, 5) is 26.7. The van der Waals surface area contributed by atoms with Crippen molar-refractivity contribution in [2.75, 3.05) is 18.0 Å². The van der Waals surface area contributed by atoms with Crippen molar-refractivity contribution in [3.05, 3.63) is 58.3 Å². The lowest BCUT2D eigenvalue weighted by Gasteiger charge is -2.47. The van der Waals surface area contributed by atoms with Gasteiger partial charge in [-0.2, -0.15) is 10.4 Å². The lowest BCUT2D eigenvalue weighted by atomic mass is 9.99. The maximum absolute atomic E-state index is 12.8. The van der Waals surface area contributed by atoms with Gasteiger partial charge in [0.25, 0.3) is 5.56 Å². The zero-order valence-corrected chi connectivity index (χ0v) is 20.8. The largest absolute Gasteiger partial charge is 0.364 e. The van der Waals surface area contributed by atoms with Crippen LogP contribution in [0.4, 0.5) is 5.69 Å². The van der Waals surface area contributed by atoms with E-state index in [1.54, 1.807) is 34.8 Å². The van der Waals surface area contributed by atoms with Gasteiger partial charge in [0, 0.05) is 50.5 Å². The van der Waals surface area contributed by atoms with Gasteiger partial charge in [0.1, 0.15) is 12.1 Å². The van der Waals surface area contributed by atoms with Crippen molar-refractivity contribution in [3.8, 4) is 6.07 Å². The Hall–Kier alpha value is -3.77. The average molecular weight is 471 g/mol. The number of hydrogen-bond acceptors (Lipinski definition) is 7. The minimum atomic E-state index is -0.0766. The van der Waals surface area contributed by atoms with Crippen LogP contribution in [-0.2, 0) is 13.6 Å². The Morgan fingerprint density at radius 2 is 1.97 bits per heavy atom. The summed E-state index contributed by atoms with van der Waals surface area (Å²) in [6.45, 7) is 10.4. The van der Waals surface area contributed by atoms with Gasteiger partial charge < -0.3 is 9.47 Å². The van der Waals surface area contributed by atoms with Crippen molar-refractivity contribution in [1.82, 2.24) is 29.2 Å². The van der Waals surface area contributed by atoms with E-state index in [-0.39, 0.29) is 30.2 Å². The van der Waals surface area contributed by atoms with Crippen LogP contribution in [0.2, 0.25) is 0 Å². The monoisotopic (exact) mass is 470 g/mol. The Morgan fingerprint density at radius 3 is 2.74 bits per heavy atom. The molecule has 9 nitrogen and oxygen atoms in total. The second kappa shape index (κ2) is 8.78. The van der Waals surface area contributed by atoms with E-state index in [9.17, 15) is 4.79 Å². The van der Waals surface area contributed by atoms with E-state index in [1.807, 2.05) is 13.0 Å². The number of anilines is 1. The van der Waals surface area contributed by atoms with Gasteiger partial charge in [-0.05, 0) is 45.4 Å². The van der Waals surface area contributed by atoms with Crippen molar-refractivity contribution < 1.29 is 0 Å². The molecule has 0 aliphatic carbocycles. The number of nitriles is 1. The molecule has 0 amide bonds. The van der Waals surface area contributed by atoms with Crippen molar-refractivity contribution in [3.63, 3.8) is 0 Å². The normalized spacial score (nSPS) is 19.8. The summed E-state index contributed by atoms with van der Waals surface area (Å²) >= 11 is 0. The summed E-state index contributed by atoms with van der Waals surface area (Å²) < 4.78 is 3.20. The predicted octanol–water partition coefficient (Wildman–Crippen LogP) is 3.17. The van der Waals surface area contributed by atoms with Gasteiger partial charge in [0.15, 0.2) is 0 Å². The van der Waals surface area contributed by atoms with Gasteiger partial charge in [0.05, 0.1) is 40.2 Å².